The topological polar surface area (TPSA) is 0 Å². The standard InChI is InChI=1S/C4Cl4F4/c5-1(2(9)10)3(11,12)4(6,7)8. The van der Waals surface area contributed by atoms with E-state index in [1.54, 1.807) is 0 Å². The molecular weight excluding hydrogens is 266 g/mol. The van der Waals surface area contributed by atoms with E-state index in [1.165, 1.54) is 0 Å². The highest BCUT2D eigenvalue weighted by Gasteiger charge is 2.55. The van der Waals surface area contributed by atoms with Gasteiger partial charge in [-0.05, 0) is 0 Å². The van der Waals surface area contributed by atoms with Gasteiger partial charge in [0.15, 0.2) is 5.03 Å². The minimum atomic E-state index is -4.39. The fourth-order valence-electron chi connectivity index (χ4n) is 0.243. The van der Waals surface area contributed by atoms with Crippen LogP contribution in [-0.2, 0) is 0 Å². The first-order valence-electron chi connectivity index (χ1n) is 2.26. The Balaban J connectivity index is 5.01. The van der Waals surface area contributed by atoms with Crippen molar-refractivity contribution in [3.63, 3.8) is 0 Å². The van der Waals surface area contributed by atoms with Crippen LogP contribution in [0.3, 0.4) is 0 Å². The predicted molar refractivity (Wildman–Crippen MR) is 40.3 cm³/mol. The summed E-state index contributed by atoms with van der Waals surface area (Å²) in [5.41, 5.74) is 0. The number of alkyl halides is 5. The van der Waals surface area contributed by atoms with Crippen molar-refractivity contribution < 1.29 is 17.6 Å². The molecule has 0 radical (unpaired) electrons. The van der Waals surface area contributed by atoms with Crippen LogP contribution >= 0.6 is 46.4 Å². The molecule has 0 saturated heterocycles. The molecule has 0 heterocycles. The highest BCUT2D eigenvalue weighted by molar-refractivity contribution is 6.68. The molecule has 0 unspecified atom stereocenters. The minimum Gasteiger partial charge on any atom is -0.195 e. The van der Waals surface area contributed by atoms with E-state index in [0.717, 1.165) is 0 Å². The Morgan fingerprint density at radius 1 is 1.00 bits per heavy atom. The average Bonchev–Trinajstić information content (AvgIpc) is 1.83. The summed E-state index contributed by atoms with van der Waals surface area (Å²) in [6, 6.07) is 0. The van der Waals surface area contributed by atoms with Gasteiger partial charge < -0.3 is 0 Å². The van der Waals surface area contributed by atoms with Crippen molar-refractivity contribution in [3.05, 3.63) is 11.1 Å². The predicted octanol–water partition coefficient (Wildman–Crippen LogP) is 4.34. The van der Waals surface area contributed by atoms with Crippen molar-refractivity contribution in [1.82, 2.24) is 0 Å². The van der Waals surface area contributed by atoms with E-state index in [0.29, 0.717) is 0 Å². The zero-order valence-electron chi connectivity index (χ0n) is 5.02. The quantitative estimate of drug-likeness (QED) is 0.489. The van der Waals surface area contributed by atoms with E-state index in [9.17, 15) is 17.6 Å². The monoisotopic (exact) mass is 264 g/mol. The Bertz CT molecular complexity index is 202. The molecule has 12 heavy (non-hydrogen) atoms. The van der Waals surface area contributed by atoms with Crippen molar-refractivity contribution in [2.45, 2.75) is 9.72 Å². The maximum Gasteiger partial charge on any atom is 0.334 e. The van der Waals surface area contributed by atoms with Gasteiger partial charge in [0, 0.05) is 0 Å². The van der Waals surface area contributed by atoms with Gasteiger partial charge in [0.1, 0.15) is 0 Å². The molecule has 0 saturated carbocycles. The molecule has 0 fully saturated rings. The number of hydrogen-bond acceptors (Lipinski definition) is 0. The lowest BCUT2D eigenvalue weighted by atomic mass is 10.3. The molecule has 0 aliphatic heterocycles. The van der Waals surface area contributed by atoms with E-state index in [2.05, 4.69) is 11.6 Å². The second kappa shape index (κ2) is 3.78. The lowest BCUT2D eigenvalue weighted by molar-refractivity contribution is 0.0491. The highest BCUT2D eigenvalue weighted by Crippen LogP contribution is 2.48. The smallest absolute Gasteiger partial charge is 0.195 e. The van der Waals surface area contributed by atoms with Gasteiger partial charge in [0.05, 0.1) is 0 Å². The van der Waals surface area contributed by atoms with Crippen LogP contribution in [0.5, 0.6) is 0 Å². The van der Waals surface area contributed by atoms with Crippen LogP contribution in [0.25, 0.3) is 0 Å². The van der Waals surface area contributed by atoms with Gasteiger partial charge in [-0.25, -0.2) is 0 Å². The zero-order valence-corrected chi connectivity index (χ0v) is 8.05. The second-order valence-corrected chi connectivity index (χ2v) is 4.31. The van der Waals surface area contributed by atoms with E-state index in [1.807, 2.05) is 0 Å². The van der Waals surface area contributed by atoms with Crippen LogP contribution in [-0.4, -0.2) is 9.72 Å². The van der Waals surface area contributed by atoms with Crippen molar-refractivity contribution in [2.24, 2.45) is 0 Å². The molecule has 0 bridgehead atoms. The van der Waals surface area contributed by atoms with E-state index >= 15 is 0 Å². The van der Waals surface area contributed by atoms with Crippen LogP contribution in [0, 0.1) is 0 Å². The van der Waals surface area contributed by atoms with Crippen molar-refractivity contribution in [2.75, 3.05) is 0 Å². The fraction of sp³-hybridized carbons (Fsp3) is 0.500. The van der Waals surface area contributed by atoms with Gasteiger partial charge in [0.2, 0.25) is 0 Å². The molecular formula is C4Cl4F4. The minimum absolute atomic E-state index is 2.07. The summed E-state index contributed by atoms with van der Waals surface area (Å²) in [7, 11) is 0. The molecule has 0 spiro atoms. The van der Waals surface area contributed by atoms with Gasteiger partial charge in [-0.1, -0.05) is 46.4 Å². The number of halogens is 8. The zero-order chi connectivity index (χ0) is 10.2. The molecule has 0 aromatic heterocycles. The summed E-state index contributed by atoms with van der Waals surface area (Å²) >= 11 is 18.6. The maximum absolute atomic E-state index is 12.5. The second-order valence-electron chi connectivity index (χ2n) is 1.65. The number of hydrogen-bond donors (Lipinski definition) is 0. The van der Waals surface area contributed by atoms with E-state index < -0.39 is 20.8 Å². The van der Waals surface area contributed by atoms with Gasteiger partial charge >= 0.3 is 5.92 Å². The van der Waals surface area contributed by atoms with Crippen LogP contribution in [0.1, 0.15) is 0 Å². The summed E-state index contributed by atoms with van der Waals surface area (Å²) in [5, 5.41) is -2.07. The Hall–Kier alpha value is 0.620. The van der Waals surface area contributed by atoms with Gasteiger partial charge in [0.25, 0.3) is 9.87 Å². The van der Waals surface area contributed by atoms with Crippen molar-refractivity contribution in [1.29, 1.82) is 0 Å². The lowest BCUT2D eigenvalue weighted by Gasteiger charge is -2.22. The third-order valence-electron chi connectivity index (χ3n) is 0.798. The van der Waals surface area contributed by atoms with Crippen LogP contribution in [0.15, 0.2) is 11.1 Å². The number of rotatable bonds is 1. The van der Waals surface area contributed by atoms with Crippen LogP contribution in [0.2, 0.25) is 0 Å². The molecule has 0 amide bonds. The Kier molecular flexibility index (Phi) is 3.98. The summed E-state index contributed by atoms with van der Waals surface area (Å²) in [5.74, 6) is -4.39. The fourth-order valence-corrected chi connectivity index (χ4v) is 0.813. The molecule has 0 atom stereocenters. The molecule has 0 aromatic carbocycles. The molecule has 0 aromatic rings. The summed E-state index contributed by atoms with van der Waals surface area (Å²) < 4.78 is 44.9. The molecule has 72 valence electrons. The van der Waals surface area contributed by atoms with Crippen LogP contribution < -0.4 is 0 Å². The first-order chi connectivity index (χ1) is 5.10. The number of allylic oxidation sites excluding steroid dienone is 1. The van der Waals surface area contributed by atoms with Crippen molar-refractivity contribution in [3.8, 4) is 0 Å². The van der Waals surface area contributed by atoms with Gasteiger partial charge in [-0.2, -0.15) is 17.6 Å². The van der Waals surface area contributed by atoms with Crippen LogP contribution in [0.4, 0.5) is 17.6 Å². The van der Waals surface area contributed by atoms with Gasteiger partial charge in [-0.15, -0.1) is 0 Å². The third kappa shape index (κ3) is 2.55. The van der Waals surface area contributed by atoms with E-state index in [-0.39, 0.29) is 0 Å². The normalized spacial score (nSPS) is 13.0. The first kappa shape index (κ1) is 12.6. The average molecular weight is 266 g/mol. The lowest BCUT2D eigenvalue weighted by Crippen LogP contribution is -2.34. The molecule has 8 heteroatoms. The maximum atomic E-state index is 12.5. The molecule has 0 N–H and O–H groups in total. The Morgan fingerprint density at radius 2 is 1.33 bits per heavy atom. The SMILES string of the molecule is FC(F)=C(Cl)C(F)(F)C(Cl)(Cl)Cl. The summed E-state index contributed by atoms with van der Waals surface area (Å²) in [4.78, 5) is 0. The highest BCUT2D eigenvalue weighted by atomic mass is 35.6. The summed E-state index contributed by atoms with van der Waals surface area (Å²) in [6.07, 6.45) is -2.78. The Morgan fingerprint density at radius 3 is 1.42 bits per heavy atom. The first-order valence-corrected chi connectivity index (χ1v) is 3.77. The Labute approximate surface area is 85.0 Å². The molecule has 0 aliphatic rings. The van der Waals surface area contributed by atoms with E-state index in [4.69, 9.17) is 34.8 Å². The van der Waals surface area contributed by atoms with Crippen molar-refractivity contribution >= 4 is 46.4 Å². The third-order valence-corrected chi connectivity index (χ3v) is 1.89. The molecule has 0 nitrogen and oxygen atoms in total. The molecule has 0 aliphatic carbocycles. The summed E-state index contributed by atoms with van der Waals surface area (Å²) in [6.45, 7) is 0. The molecule has 0 rings (SSSR count). The largest absolute Gasteiger partial charge is 0.334 e. The van der Waals surface area contributed by atoms with Gasteiger partial charge in [-0.3, -0.25) is 0 Å².